The van der Waals surface area contributed by atoms with E-state index in [0.717, 1.165) is 22.3 Å². The maximum Gasteiger partial charge on any atom is 0.251 e. The Morgan fingerprint density at radius 1 is 1.29 bits per heavy atom. The number of rotatable bonds is 5. The number of hydrogen-bond donors (Lipinski definition) is 1. The van der Waals surface area contributed by atoms with Gasteiger partial charge in [-0.05, 0) is 75.3 Å². The van der Waals surface area contributed by atoms with Gasteiger partial charge in [-0.15, -0.1) is 0 Å². The van der Waals surface area contributed by atoms with Gasteiger partial charge in [0.25, 0.3) is 5.91 Å². The highest BCUT2D eigenvalue weighted by molar-refractivity contribution is 5.95. The molecule has 1 saturated carbocycles. The van der Waals surface area contributed by atoms with Crippen molar-refractivity contribution >= 4 is 11.5 Å². The Labute approximate surface area is 128 Å². The number of carbonyl (C=O) groups excluding carboxylic acids is 1. The molecular weight excluding hydrogens is 258 g/mol. The third kappa shape index (κ3) is 3.84. The van der Waals surface area contributed by atoms with Crippen molar-refractivity contribution in [3.8, 4) is 0 Å². The topological polar surface area (TPSA) is 29.1 Å². The lowest BCUT2D eigenvalue weighted by atomic mass is 9.96. The van der Waals surface area contributed by atoms with Gasteiger partial charge < -0.3 is 5.32 Å². The number of carbonyl (C=O) groups is 1. The summed E-state index contributed by atoms with van der Waals surface area (Å²) in [7, 11) is 0. The molecule has 0 saturated heterocycles. The first-order chi connectivity index (χ1) is 9.83. The standard InChI is InChI=1S/C19H25NO/c1-6-7-14(3)15-10-13(2)11-16(12-15)18(21)20-19(4,5)17-8-9-17/h6-7,10-12,17H,1,8-9H2,2-5H3,(H,20,21)/b14-7+. The molecule has 112 valence electrons. The number of aryl methyl sites for hydroxylation is 1. The molecule has 0 heterocycles. The Morgan fingerprint density at radius 3 is 2.48 bits per heavy atom. The largest absolute Gasteiger partial charge is 0.347 e. The summed E-state index contributed by atoms with van der Waals surface area (Å²) in [6, 6.07) is 6.00. The third-order valence-electron chi connectivity index (χ3n) is 4.20. The van der Waals surface area contributed by atoms with Gasteiger partial charge in [0, 0.05) is 11.1 Å². The van der Waals surface area contributed by atoms with Crippen molar-refractivity contribution in [1.82, 2.24) is 5.32 Å². The molecule has 0 aromatic heterocycles. The lowest BCUT2D eigenvalue weighted by Gasteiger charge is -2.26. The maximum absolute atomic E-state index is 12.5. The van der Waals surface area contributed by atoms with Crippen LogP contribution in [0.2, 0.25) is 0 Å². The average molecular weight is 283 g/mol. The summed E-state index contributed by atoms with van der Waals surface area (Å²) in [6.45, 7) is 12.0. The Morgan fingerprint density at radius 2 is 1.90 bits per heavy atom. The molecular formula is C19H25NO. The second kappa shape index (κ2) is 5.88. The molecule has 2 rings (SSSR count). The maximum atomic E-state index is 12.5. The second-order valence-electron chi connectivity index (χ2n) is 6.62. The summed E-state index contributed by atoms with van der Waals surface area (Å²) < 4.78 is 0. The molecule has 2 nitrogen and oxygen atoms in total. The molecule has 0 radical (unpaired) electrons. The third-order valence-corrected chi connectivity index (χ3v) is 4.20. The van der Waals surface area contributed by atoms with E-state index in [4.69, 9.17) is 0 Å². The number of allylic oxidation sites excluding steroid dienone is 3. The van der Waals surface area contributed by atoms with Crippen molar-refractivity contribution in [1.29, 1.82) is 0 Å². The van der Waals surface area contributed by atoms with Crippen LogP contribution >= 0.6 is 0 Å². The molecule has 21 heavy (non-hydrogen) atoms. The van der Waals surface area contributed by atoms with Crippen LogP contribution in [-0.2, 0) is 0 Å². The van der Waals surface area contributed by atoms with Crippen LogP contribution in [0.5, 0.6) is 0 Å². The smallest absolute Gasteiger partial charge is 0.251 e. The summed E-state index contributed by atoms with van der Waals surface area (Å²) in [4.78, 5) is 12.5. The number of amides is 1. The second-order valence-corrected chi connectivity index (χ2v) is 6.62. The normalized spacial score (nSPS) is 15.7. The van der Waals surface area contributed by atoms with Gasteiger partial charge in [-0.3, -0.25) is 4.79 Å². The first kappa shape index (κ1) is 15.6. The SMILES string of the molecule is C=C/C=C(\C)c1cc(C)cc(C(=O)NC(C)(C)C2CC2)c1. The van der Waals surface area contributed by atoms with Crippen molar-refractivity contribution in [3.05, 3.63) is 53.6 Å². The molecule has 0 aliphatic heterocycles. The Bertz CT molecular complexity index is 592. The minimum atomic E-state index is -0.118. The zero-order valence-corrected chi connectivity index (χ0v) is 13.5. The molecule has 1 N–H and O–H groups in total. The molecule has 0 bridgehead atoms. The van der Waals surface area contributed by atoms with Crippen LogP contribution in [-0.4, -0.2) is 11.4 Å². The Balaban J connectivity index is 2.24. The molecule has 0 spiro atoms. The molecule has 1 fully saturated rings. The van der Waals surface area contributed by atoms with Gasteiger partial charge in [0.05, 0.1) is 0 Å². The summed E-state index contributed by atoms with van der Waals surface area (Å²) in [5.41, 5.74) is 3.90. The summed E-state index contributed by atoms with van der Waals surface area (Å²) in [6.07, 6.45) is 6.17. The van der Waals surface area contributed by atoms with Gasteiger partial charge in [-0.1, -0.05) is 24.8 Å². The Hall–Kier alpha value is -1.83. The van der Waals surface area contributed by atoms with Crippen molar-refractivity contribution in [3.63, 3.8) is 0 Å². The number of hydrogen-bond acceptors (Lipinski definition) is 1. The predicted molar refractivity (Wildman–Crippen MR) is 89.3 cm³/mol. The lowest BCUT2D eigenvalue weighted by Crippen LogP contribution is -2.45. The fraction of sp³-hybridized carbons (Fsp3) is 0.421. The van der Waals surface area contributed by atoms with E-state index in [1.165, 1.54) is 12.8 Å². The quantitative estimate of drug-likeness (QED) is 0.792. The molecule has 1 aliphatic carbocycles. The molecule has 0 unspecified atom stereocenters. The highest BCUT2D eigenvalue weighted by Gasteiger charge is 2.38. The van der Waals surface area contributed by atoms with Gasteiger partial charge in [0.1, 0.15) is 0 Å². The van der Waals surface area contributed by atoms with Gasteiger partial charge in [0.15, 0.2) is 0 Å². The fourth-order valence-electron chi connectivity index (χ4n) is 2.69. The number of nitrogens with one attached hydrogen (secondary N) is 1. The van der Waals surface area contributed by atoms with Crippen molar-refractivity contribution in [2.24, 2.45) is 5.92 Å². The van der Waals surface area contributed by atoms with Crippen LogP contribution in [0.3, 0.4) is 0 Å². The summed E-state index contributed by atoms with van der Waals surface area (Å²) in [5, 5.41) is 3.18. The van der Waals surface area contributed by atoms with E-state index in [1.807, 2.05) is 32.1 Å². The molecule has 2 heteroatoms. The van der Waals surface area contributed by atoms with E-state index in [1.54, 1.807) is 6.08 Å². The zero-order valence-electron chi connectivity index (χ0n) is 13.5. The predicted octanol–water partition coefficient (Wildman–Crippen LogP) is 4.50. The van der Waals surface area contributed by atoms with Gasteiger partial charge >= 0.3 is 0 Å². The fourth-order valence-corrected chi connectivity index (χ4v) is 2.69. The van der Waals surface area contributed by atoms with Crippen LogP contribution in [0.15, 0.2) is 36.9 Å². The summed E-state index contributed by atoms with van der Waals surface area (Å²) in [5.74, 6) is 0.636. The minimum Gasteiger partial charge on any atom is -0.347 e. The van der Waals surface area contributed by atoms with Crippen LogP contribution in [0.1, 0.15) is 55.1 Å². The zero-order chi connectivity index (χ0) is 15.6. The monoisotopic (exact) mass is 283 g/mol. The molecule has 1 aromatic rings. The van der Waals surface area contributed by atoms with Crippen LogP contribution in [0.25, 0.3) is 5.57 Å². The summed E-state index contributed by atoms with van der Waals surface area (Å²) >= 11 is 0. The van der Waals surface area contributed by atoms with E-state index in [2.05, 4.69) is 31.8 Å². The highest BCUT2D eigenvalue weighted by Crippen LogP contribution is 2.39. The van der Waals surface area contributed by atoms with E-state index < -0.39 is 0 Å². The first-order valence-corrected chi connectivity index (χ1v) is 7.57. The van der Waals surface area contributed by atoms with Gasteiger partial charge in [0.2, 0.25) is 0 Å². The molecule has 1 amide bonds. The lowest BCUT2D eigenvalue weighted by molar-refractivity contribution is 0.0903. The van der Waals surface area contributed by atoms with E-state index in [-0.39, 0.29) is 11.4 Å². The van der Waals surface area contributed by atoms with Crippen LogP contribution in [0.4, 0.5) is 0 Å². The highest BCUT2D eigenvalue weighted by atomic mass is 16.1. The number of benzene rings is 1. The minimum absolute atomic E-state index is 0.0169. The van der Waals surface area contributed by atoms with E-state index in [9.17, 15) is 4.79 Å². The van der Waals surface area contributed by atoms with Crippen molar-refractivity contribution in [2.75, 3.05) is 0 Å². The van der Waals surface area contributed by atoms with Gasteiger partial charge in [-0.25, -0.2) is 0 Å². The van der Waals surface area contributed by atoms with E-state index >= 15 is 0 Å². The van der Waals surface area contributed by atoms with Crippen molar-refractivity contribution in [2.45, 2.75) is 46.1 Å². The van der Waals surface area contributed by atoms with Gasteiger partial charge in [-0.2, -0.15) is 0 Å². The Kier molecular flexibility index (Phi) is 4.36. The average Bonchev–Trinajstić information content (AvgIpc) is 3.22. The van der Waals surface area contributed by atoms with Crippen LogP contribution in [0, 0.1) is 12.8 Å². The molecule has 0 atom stereocenters. The first-order valence-electron chi connectivity index (χ1n) is 7.57. The van der Waals surface area contributed by atoms with Crippen molar-refractivity contribution < 1.29 is 4.79 Å². The van der Waals surface area contributed by atoms with Crippen LogP contribution < -0.4 is 5.32 Å². The molecule has 1 aromatic carbocycles. The van der Waals surface area contributed by atoms with E-state index in [0.29, 0.717) is 5.92 Å². The molecule has 1 aliphatic rings.